The van der Waals surface area contributed by atoms with Gasteiger partial charge in [-0.25, -0.2) is 0 Å². The minimum Gasteiger partial charge on any atom is -0.272 e. The first-order valence-corrected chi connectivity index (χ1v) is 5.73. The fourth-order valence-corrected chi connectivity index (χ4v) is 1.82. The van der Waals surface area contributed by atoms with Crippen molar-refractivity contribution >= 4 is 0 Å². The molecule has 2 heterocycles. The molecule has 2 aromatic rings. The van der Waals surface area contributed by atoms with E-state index in [1.54, 1.807) is 0 Å². The van der Waals surface area contributed by atoms with Crippen molar-refractivity contribution in [1.29, 1.82) is 0 Å². The zero-order chi connectivity index (χ0) is 11.5. The van der Waals surface area contributed by atoms with Crippen LogP contribution < -0.4 is 0 Å². The summed E-state index contributed by atoms with van der Waals surface area (Å²) in [5.41, 5.74) is 4.71. The zero-order valence-electron chi connectivity index (χ0n) is 10.1. The maximum absolute atomic E-state index is 4.47. The van der Waals surface area contributed by atoms with Crippen LogP contribution in [0, 0.1) is 6.92 Å². The lowest BCUT2D eigenvalue weighted by Crippen LogP contribution is -1.93. The highest BCUT2D eigenvalue weighted by Crippen LogP contribution is 2.20. The van der Waals surface area contributed by atoms with E-state index in [-0.39, 0.29) is 0 Å². The Kier molecular flexibility index (Phi) is 3.04. The molecule has 0 fully saturated rings. The van der Waals surface area contributed by atoms with E-state index in [0.29, 0.717) is 0 Å². The molecule has 0 saturated carbocycles. The molecule has 0 spiro atoms. The van der Waals surface area contributed by atoms with Crippen molar-refractivity contribution < 1.29 is 0 Å². The van der Waals surface area contributed by atoms with Crippen LogP contribution in [0.15, 0.2) is 24.7 Å². The van der Waals surface area contributed by atoms with Gasteiger partial charge in [0.1, 0.15) is 0 Å². The molecular weight excluding hydrogens is 198 g/mol. The van der Waals surface area contributed by atoms with E-state index in [1.807, 2.05) is 17.1 Å². The lowest BCUT2D eigenvalue weighted by atomic mass is 10.1. The second kappa shape index (κ2) is 4.47. The summed E-state index contributed by atoms with van der Waals surface area (Å²) in [6.07, 6.45) is 6.87. The number of nitrogens with zero attached hydrogens (tertiary/aromatic N) is 3. The molecule has 0 aliphatic heterocycles. The van der Waals surface area contributed by atoms with Crippen molar-refractivity contribution in [2.75, 3.05) is 0 Å². The predicted molar refractivity (Wildman–Crippen MR) is 65.2 cm³/mol. The molecule has 0 radical (unpaired) electrons. The second-order valence-corrected chi connectivity index (χ2v) is 3.93. The first kappa shape index (κ1) is 10.9. The Labute approximate surface area is 96.1 Å². The van der Waals surface area contributed by atoms with Crippen molar-refractivity contribution in [3.05, 3.63) is 35.9 Å². The molecule has 16 heavy (non-hydrogen) atoms. The average Bonchev–Trinajstić information content (AvgIpc) is 2.77. The minimum atomic E-state index is 0.902. The fourth-order valence-electron chi connectivity index (χ4n) is 1.82. The Bertz CT molecular complexity index is 486. The van der Waals surface area contributed by atoms with Gasteiger partial charge in [0.05, 0.1) is 6.20 Å². The predicted octanol–water partition coefficient (Wildman–Crippen LogP) is 2.84. The number of rotatable bonds is 3. The van der Waals surface area contributed by atoms with Crippen LogP contribution in [0.3, 0.4) is 0 Å². The maximum Gasteiger partial charge on any atom is 0.0568 e. The third-order valence-corrected chi connectivity index (χ3v) is 2.81. The van der Waals surface area contributed by atoms with Gasteiger partial charge in [-0.3, -0.25) is 9.67 Å². The highest BCUT2D eigenvalue weighted by atomic mass is 15.3. The van der Waals surface area contributed by atoms with Crippen molar-refractivity contribution in [1.82, 2.24) is 14.8 Å². The van der Waals surface area contributed by atoms with Gasteiger partial charge >= 0.3 is 0 Å². The largest absolute Gasteiger partial charge is 0.272 e. The molecule has 3 heteroatoms. The molecule has 0 N–H and O–H groups in total. The van der Waals surface area contributed by atoms with Gasteiger partial charge in [0.25, 0.3) is 0 Å². The first-order valence-electron chi connectivity index (χ1n) is 5.73. The number of aromatic nitrogens is 3. The molecule has 0 aromatic carbocycles. The number of aryl methyl sites for hydroxylation is 3. The summed E-state index contributed by atoms with van der Waals surface area (Å²) in [7, 11) is 0. The molecule has 0 aliphatic rings. The van der Waals surface area contributed by atoms with E-state index in [4.69, 9.17) is 0 Å². The Morgan fingerprint density at radius 3 is 2.56 bits per heavy atom. The van der Waals surface area contributed by atoms with Crippen LogP contribution in [-0.4, -0.2) is 14.8 Å². The lowest BCUT2D eigenvalue weighted by molar-refractivity contribution is 0.660. The van der Waals surface area contributed by atoms with E-state index in [2.05, 4.69) is 43.1 Å². The van der Waals surface area contributed by atoms with Crippen LogP contribution in [0.5, 0.6) is 0 Å². The van der Waals surface area contributed by atoms with Gasteiger partial charge in [0.2, 0.25) is 0 Å². The smallest absolute Gasteiger partial charge is 0.0568 e. The Balaban J connectivity index is 2.37. The lowest BCUT2D eigenvalue weighted by Gasteiger charge is -2.03. The maximum atomic E-state index is 4.47. The molecule has 0 saturated heterocycles. The summed E-state index contributed by atoms with van der Waals surface area (Å²) in [4.78, 5) is 4.47. The number of hydrogen-bond donors (Lipinski definition) is 0. The highest BCUT2D eigenvalue weighted by Gasteiger charge is 2.04. The van der Waals surface area contributed by atoms with E-state index < -0.39 is 0 Å². The van der Waals surface area contributed by atoms with Crippen molar-refractivity contribution in [3.8, 4) is 11.1 Å². The first-order chi connectivity index (χ1) is 7.74. The standard InChI is InChI=1S/C13H17N3/c1-4-13-10(3)6-11(7-14-13)12-8-15-16(5-2)9-12/h6-9H,4-5H2,1-3H3. The molecule has 0 bridgehead atoms. The number of pyridine rings is 1. The molecule has 2 rings (SSSR count). The molecule has 3 nitrogen and oxygen atoms in total. The van der Waals surface area contributed by atoms with Crippen LogP contribution in [0.2, 0.25) is 0 Å². The van der Waals surface area contributed by atoms with E-state index >= 15 is 0 Å². The molecule has 0 unspecified atom stereocenters. The van der Waals surface area contributed by atoms with Crippen molar-refractivity contribution in [3.63, 3.8) is 0 Å². The van der Waals surface area contributed by atoms with E-state index in [0.717, 1.165) is 24.1 Å². The van der Waals surface area contributed by atoms with Gasteiger partial charge in [-0.05, 0) is 31.9 Å². The van der Waals surface area contributed by atoms with Gasteiger partial charge in [-0.1, -0.05) is 6.92 Å². The van der Waals surface area contributed by atoms with Crippen LogP contribution in [0.25, 0.3) is 11.1 Å². The highest BCUT2D eigenvalue weighted by molar-refractivity contribution is 5.61. The van der Waals surface area contributed by atoms with Crippen LogP contribution in [-0.2, 0) is 13.0 Å². The van der Waals surface area contributed by atoms with Gasteiger partial charge in [0.15, 0.2) is 0 Å². The van der Waals surface area contributed by atoms with Crippen molar-refractivity contribution in [2.24, 2.45) is 0 Å². The Morgan fingerprint density at radius 1 is 1.19 bits per heavy atom. The van der Waals surface area contributed by atoms with Crippen molar-refractivity contribution in [2.45, 2.75) is 33.7 Å². The normalized spacial score (nSPS) is 10.7. The molecule has 0 amide bonds. The molecule has 84 valence electrons. The minimum absolute atomic E-state index is 0.902. The zero-order valence-corrected chi connectivity index (χ0v) is 10.1. The average molecular weight is 215 g/mol. The monoisotopic (exact) mass is 215 g/mol. The molecule has 0 aliphatic carbocycles. The molecular formula is C13H17N3. The summed E-state index contributed by atoms with van der Waals surface area (Å²) in [6, 6.07) is 2.18. The van der Waals surface area contributed by atoms with Crippen LogP contribution in [0.1, 0.15) is 25.1 Å². The third-order valence-electron chi connectivity index (χ3n) is 2.81. The molecule has 0 atom stereocenters. The number of hydrogen-bond acceptors (Lipinski definition) is 2. The van der Waals surface area contributed by atoms with Gasteiger partial charge in [0, 0.05) is 35.8 Å². The summed E-state index contributed by atoms with van der Waals surface area (Å²) in [5, 5.41) is 4.27. The van der Waals surface area contributed by atoms with Crippen LogP contribution >= 0.6 is 0 Å². The summed E-state index contributed by atoms with van der Waals surface area (Å²) in [5.74, 6) is 0. The summed E-state index contributed by atoms with van der Waals surface area (Å²) in [6.45, 7) is 7.23. The summed E-state index contributed by atoms with van der Waals surface area (Å²) >= 11 is 0. The van der Waals surface area contributed by atoms with Crippen LogP contribution in [0.4, 0.5) is 0 Å². The SMILES string of the molecule is CCc1ncc(-c2cnn(CC)c2)cc1C. The topological polar surface area (TPSA) is 30.7 Å². The summed E-state index contributed by atoms with van der Waals surface area (Å²) < 4.78 is 1.93. The second-order valence-electron chi connectivity index (χ2n) is 3.93. The Hall–Kier alpha value is -1.64. The Morgan fingerprint density at radius 2 is 2.00 bits per heavy atom. The molecule has 2 aromatic heterocycles. The quantitative estimate of drug-likeness (QED) is 0.788. The van der Waals surface area contributed by atoms with Gasteiger partial charge in [-0.15, -0.1) is 0 Å². The van der Waals surface area contributed by atoms with Gasteiger partial charge in [-0.2, -0.15) is 5.10 Å². The van der Waals surface area contributed by atoms with Gasteiger partial charge < -0.3 is 0 Å². The fraction of sp³-hybridized carbons (Fsp3) is 0.385. The van der Waals surface area contributed by atoms with E-state index in [1.165, 1.54) is 11.3 Å². The third kappa shape index (κ3) is 1.98. The van der Waals surface area contributed by atoms with E-state index in [9.17, 15) is 0 Å².